The quantitative estimate of drug-likeness (QED) is 0.934. The molecule has 3 rings (SSSR count). The minimum Gasteiger partial charge on any atom is -0.355 e. The first-order valence-electron chi connectivity index (χ1n) is 6.37. The maximum atomic E-state index is 12.2. The molecule has 0 radical (unpaired) electrons. The van der Waals surface area contributed by atoms with E-state index >= 15 is 0 Å². The fourth-order valence-corrected chi connectivity index (χ4v) is 4.57. The molecule has 0 unspecified atom stereocenters. The molecule has 3 heterocycles. The summed E-state index contributed by atoms with van der Waals surface area (Å²) in [5, 5.41) is 1.77. The lowest BCUT2D eigenvalue weighted by molar-refractivity contribution is 0.563. The van der Waals surface area contributed by atoms with Crippen LogP contribution in [0, 0.1) is 0 Å². The molecular weight excluding hydrogens is 294 g/mol. The van der Waals surface area contributed by atoms with Crippen LogP contribution in [-0.4, -0.2) is 32.5 Å². The average molecular weight is 309 g/mol. The lowest BCUT2D eigenvalue weighted by atomic mass is 10.3. The molecule has 2 aromatic heterocycles. The maximum absolute atomic E-state index is 12.2. The van der Waals surface area contributed by atoms with Crippen molar-refractivity contribution in [3.63, 3.8) is 0 Å². The Bertz CT molecular complexity index is 656. The van der Waals surface area contributed by atoms with Crippen LogP contribution in [0.1, 0.15) is 6.42 Å². The molecule has 1 atom stereocenters. The Kier molecular flexibility index (Phi) is 3.73. The number of sulfonamides is 1. The van der Waals surface area contributed by atoms with Gasteiger partial charge >= 0.3 is 0 Å². The van der Waals surface area contributed by atoms with Gasteiger partial charge in [0.2, 0.25) is 10.0 Å². The summed E-state index contributed by atoms with van der Waals surface area (Å²) in [5.41, 5.74) is 0. The van der Waals surface area contributed by atoms with Crippen LogP contribution in [0.25, 0.3) is 0 Å². The van der Waals surface area contributed by atoms with Crippen LogP contribution in [0.3, 0.4) is 0 Å². The number of pyridine rings is 1. The number of rotatable bonds is 4. The molecule has 0 amide bonds. The molecule has 0 aromatic carbocycles. The third kappa shape index (κ3) is 2.84. The van der Waals surface area contributed by atoms with Gasteiger partial charge in [-0.3, -0.25) is 0 Å². The van der Waals surface area contributed by atoms with E-state index in [4.69, 9.17) is 0 Å². The van der Waals surface area contributed by atoms with Gasteiger partial charge in [-0.05, 0) is 30.0 Å². The normalized spacial score (nSPS) is 19.4. The van der Waals surface area contributed by atoms with Crippen molar-refractivity contribution < 1.29 is 8.42 Å². The Hall–Kier alpha value is -1.44. The van der Waals surface area contributed by atoms with Crippen molar-refractivity contribution in [1.29, 1.82) is 0 Å². The van der Waals surface area contributed by atoms with E-state index < -0.39 is 10.0 Å². The summed E-state index contributed by atoms with van der Waals surface area (Å²) in [6, 6.07) is 9.05. The second-order valence-electron chi connectivity index (χ2n) is 4.67. The summed E-state index contributed by atoms with van der Waals surface area (Å²) in [6.45, 7) is 1.47. The van der Waals surface area contributed by atoms with Crippen LogP contribution >= 0.6 is 11.3 Å². The third-order valence-corrected chi connectivity index (χ3v) is 6.16. The minimum absolute atomic E-state index is 0.0656. The number of thiophene rings is 1. The number of anilines is 1. The van der Waals surface area contributed by atoms with Crippen molar-refractivity contribution in [1.82, 2.24) is 9.71 Å². The molecule has 1 aliphatic rings. The van der Waals surface area contributed by atoms with Crippen molar-refractivity contribution in [2.24, 2.45) is 0 Å². The summed E-state index contributed by atoms with van der Waals surface area (Å²) >= 11 is 1.23. The smallest absolute Gasteiger partial charge is 0.250 e. The van der Waals surface area contributed by atoms with Gasteiger partial charge in [0.05, 0.1) is 0 Å². The van der Waals surface area contributed by atoms with Gasteiger partial charge in [-0.2, -0.15) is 0 Å². The van der Waals surface area contributed by atoms with Gasteiger partial charge in [-0.1, -0.05) is 12.1 Å². The predicted octanol–water partition coefficient (Wildman–Crippen LogP) is 1.70. The molecule has 1 saturated heterocycles. The van der Waals surface area contributed by atoms with Gasteiger partial charge < -0.3 is 4.90 Å². The SMILES string of the molecule is O=S(=O)(N[C@H]1CCN(c2ccccn2)C1)c1cccs1. The van der Waals surface area contributed by atoms with Crippen LogP contribution in [0.4, 0.5) is 5.82 Å². The number of aromatic nitrogens is 1. The van der Waals surface area contributed by atoms with Gasteiger partial charge in [0.25, 0.3) is 0 Å². The second-order valence-corrected chi connectivity index (χ2v) is 7.56. The van der Waals surface area contributed by atoms with Gasteiger partial charge in [0, 0.05) is 25.3 Å². The highest BCUT2D eigenvalue weighted by Crippen LogP contribution is 2.20. The van der Waals surface area contributed by atoms with E-state index in [1.807, 2.05) is 18.2 Å². The molecule has 20 heavy (non-hydrogen) atoms. The first-order valence-corrected chi connectivity index (χ1v) is 8.73. The van der Waals surface area contributed by atoms with Crippen LogP contribution in [-0.2, 0) is 10.0 Å². The summed E-state index contributed by atoms with van der Waals surface area (Å²) in [7, 11) is -3.38. The van der Waals surface area contributed by atoms with E-state index in [2.05, 4.69) is 14.6 Å². The maximum Gasteiger partial charge on any atom is 0.250 e. The van der Waals surface area contributed by atoms with Gasteiger partial charge in [0.1, 0.15) is 10.0 Å². The fourth-order valence-electron chi connectivity index (χ4n) is 2.30. The lowest BCUT2D eigenvalue weighted by Crippen LogP contribution is -2.36. The van der Waals surface area contributed by atoms with Crippen LogP contribution in [0.2, 0.25) is 0 Å². The zero-order chi connectivity index (χ0) is 14.0. The Morgan fingerprint density at radius 2 is 2.20 bits per heavy atom. The Morgan fingerprint density at radius 3 is 2.90 bits per heavy atom. The topological polar surface area (TPSA) is 62.3 Å². The average Bonchev–Trinajstić information content (AvgIpc) is 3.10. The number of hydrogen-bond donors (Lipinski definition) is 1. The van der Waals surface area contributed by atoms with Crippen LogP contribution in [0.15, 0.2) is 46.1 Å². The van der Waals surface area contributed by atoms with E-state index in [0.29, 0.717) is 10.8 Å². The largest absolute Gasteiger partial charge is 0.355 e. The van der Waals surface area contributed by atoms with Gasteiger partial charge in [0.15, 0.2) is 0 Å². The first-order chi connectivity index (χ1) is 9.65. The second kappa shape index (κ2) is 5.51. The molecule has 0 aliphatic carbocycles. The Morgan fingerprint density at radius 1 is 1.30 bits per heavy atom. The van der Waals surface area contributed by atoms with Gasteiger partial charge in [-0.15, -0.1) is 11.3 Å². The molecule has 0 bridgehead atoms. The highest BCUT2D eigenvalue weighted by atomic mass is 32.2. The van der Waals surface area contributed by atoms with Crippen molar-refractivity contribution in [3.05, 3.63) is 41.9 Å². The summed E-state index contributed by atoms with van der Waals surface area (Å²) in [4.78, 5) is 6.39. The Labute approximate surface area is 122 Å². The fraction of sp³-hybridized carbons (Fsp3) is 0.308. The van der Waals surface area contributed by atoms with E-state index in [1.165, 1.54) is 11.3 Å². The van der Waals surface area contributed by atoms with Crippen LogP contribution < -0.4 is 9.62 Å². The first kappa shape index (κ1) is 13.5. The molecule has 1 N–H and O–H groups in total. The zero-order valence-electron chi connectivity index (χ0n) is 10.8. The van der Waals surface area contributed by atoms with E-state index in [1.54, 1.807) is 23.7 Å². The summed E-state index contributed by atoms with van der Waals surface area (Å²) in [5.74, 6) is 0.894. The monoisotopic (exact) mass is 309 g/mol. The third-order valence-electron chi connectivity index (χ3n) is 3.24. The number of nitrogens with one attached hydrogen (secondary N) is 1. The predicted molar refractivity (Wildman–Crippen MR) is 79.5 cm³/mol. The molecule has 2 aromatic rings. The number of nitrogens with zero attached hydrogens (tertiary/aromatic N) is 2. The highest BCUT2D eigenvalue weighted by molar-refractivity contribution is 7.91. The van der Waals surface area contributed by atoms with Crippen molar-refractivity contribution in [2.45, 2.75) is 16.7 Å². The molecule has 0 spiro atoms. The number of hydrogen-bond acceptors (Lipinski definition) is 5. The minimum atomic E-state index is -3.38. The van der Waals surface area contributed by atoms with Crippen molar-refractivity contribution >= 4 is 27.2 Å². The van der Waals surface area contributed by atoms with Crippen molar-refractivity contribution in [2.75, 3.05) is 18.0 Å². The van der Waals surface area contributed by atoms with E-state index in [-0.39, 0.29) is 6.04 Å². The van der Waals surface area contributed by atoms with E-state index in [0.717, 1.165) is 18.8 Å². The van der Waals surface area contributed by atoms with Crippen molar-refractivity contribution in [3.8, 4) is 0 Å². The lowest BCUT2D eigenvalue weighted by Gasteiger charge is -2.17. The van der Waals surface area contributed by atoms with Crippen LogP contribution in [0.5, 0.6) is 0 Å². The summed E-state index contributed by atoms with van der Waals surface area (Å²) in [6.07, 6.45) is 2.54. The highest BCUT2D eigenvalue weighted by Gasteiger charge is 2.28. The van der Waals surface area contributed by atoms with Gasteiger partial charge in [-0.25, -0.2) is 18.1 Å². The standard InChI is InChI=1S/C13H15N3O2S2/c17-20(18,13-5-3-9-19-13)15-11-6-8-16(10-11)12-4-1-2-7-14-12/h1-5,7,9,11,15H,6,8,10H2/t11-/m0/s1. The van der Waals surface area contributed by atoms with E-state index in [9.17, 15) is 8.42 Å². The molecule has 106 valence electrons. The molecule has 1 aliphatic heterocycles. The molecule has 5 nitrogen and oxygen atoms in total. The molecule has 0 saturated carbocycles. The zero-order valence-corrected chi connectivity index (χ0v) is 12.4. The summed E-state index contributed by atoms with van der Waals surface area (Å²) < 4.78 is 27.5. The molecule has 1 fully saturated rings. The molecular formula is C13H15N3O2S2. The molecule has 7 heteroatoms. The Balaban J connectivity index is 1.67.